The van der Waals surface area contributed by atoms with Crippen LogP contribution in [-0.4, -0.2) is 24.2 Å². The zero-order valence-electron chi connectivity index (χ0n) is 18.3. The molecule has 0 aliphatic carbocycles. The Balaban J connectivity index is 1.55. The zero-order chi connectivity index (χ0) is 23.6. The Morgan fingerprint density at radius 1 is 1.00 bits per heavy atom. The van der Waals surface area contributed by atoms with Gasteiger partial charge in [-0.2, -0.15) is 0 Å². The Bertz CT molecular complexity index is 1140. The molecule has 0 aromatic heterocycles. The zero-order valence-corrected chi connectivity index (χ0v) is 20.7. The molecule has 33 heavy (non-hydrogen) atoms. The smallest absolute Gasteiger partial charge is 0.257 e. The van der Waals surface area contributed by atoms with Crippen molar-refractivity contribution in [1.82, 2.24) is 5.32 Å². The van der Waals surface area contributed by atoms with E-state index < -0.39 is 0 Å². The number of ether oxygens (including phenoxy) is 2. The first kappa shape index (κ1) is 24.5. The highest BCUT2D eigenvalue weighted by Gasteiger charge is 2.12. The average Bonchev–Trinajstić information content (AvgIpc) is 2.80. The van der Waals surface area contributed by atoms with Gasteiger partial charge in [-0.05, 0) is 76.5 Å². The first-order valence-electron chi connectivity index (χ1n) is 10.4. The maximum atomic E-state index is 12.7. The number of carbonyl (C=O) groups excluding carboxylic acids is 1. The number of thiocarbonyl (C=S) groups is 1. The van der Waals surface area contributed by atoms with Gasteiger partial charge >= 0.3 is 0 Å². The second-order valence-electron chi connectivity index (χ2n) is 7.38. The fourth-order valence-electron chi connectivity index (χ4n) is 2.91. The molecule has 0 radical (unpaired) electrons. The quantitative estimate of drug-likeness (QED) is 0.259. The third-order valence-electron chi connectivity index (χ3n) is 4.52. The van der Waals surface area contributed by atoms with Gasteiger partial charge in [-0.1, -0.05) is 49.0 Å². The Morgan fingerprint density at radius 3 is 2.45 bits per heavy atom. The van der Waals surface area contributed by atoms with Crippen molar-refractivity contribution in [2.45, 2.75) is 13.3 Å². The molecule has 0 spiro atoms. The molecule has 0 aliphatic rings. The van der Waals surface area contributed by atoms with Gasteiger partial charge in [0.25, 0.3) is 5.91 Å². The van der Waals surface area contributed by atoms with Gasteiger partial charge in [-0.25, -0.2) is 0 Å². The predicted octanol–water partition coefficient (Wildman–Crippen LogP) is 6.15. The van der Waals surface area contributed by atoms with E-state index in [2.05, 4.69) is 45.3 Å². The highest BCUT2D eigenvalue weighted by atomic mass is 79.9. The summed E-state index contributed by atoms with van der Waals surface area (Å²) in [5, 5.41) is 5.88. The third-order valence-corrected chi connectivity index (χ3v) is 5.35. The van der Waals surface area contributed by atoms with Crippen LogP contribution in [0.25, 0.3) is 0 Å². The highest BCUT2D eigenvalue weighted by Crippen LogP contribution is 2.27. The molecule has 0 fully saturated rings. The summed E-state index contributed by atoms with van der Waals surface area (Å²) in [6, 6.07) is 22.7. The van der Waals surface area contributed by atoms with Crippen molar-refractivity contribution in [1.29, 1.82) is 0 Å². The van der Waals surface area contributed by atoms with Crippen molar-refractivity contribution in [3.63, 3.8) is 0 Å². The summed E-state index contributed by atoms with van der Waals surface area (Å²) >= 11 is 8.80. The number of benzene rings is 3. The van der Waals surface area contributed by atoms with Gasteiger partial charge in [0, 0.05) is 12.0 Å². The van der Waals surface area contributed by atoms with Crippen LogP contribution >= 0.6 is 28.1 Å². The lowest BCUT2D eigenvalue weighted by Crippen LogP contribution is -2.34. The Labute approximate surface area is 207 Å². The fraction of sp³-hybridized carbons (Fsp3) is 0.154. The lowest BCUT2D eigenvalue weighted by atomic mass is 10.2. The molecule has 170 valence electrons. The van der Waals surface area contributed by atoms with Crippen LogP contribution in [0.15, 0.2) is 89.4 Å². The van der Waals surface area contributed by atoms with Crippen molar-refractivity contribution < 1.29 is 14.3 Å². The van der Waals surface area contributed by atoms with Crippen molar-refractivity contribution in [3.05, 3.63) is 101 Å². The largest absolute Gasteiger partial charge is 0.492 e. The summed E-state index contributed by atoms with van der Waals surface area (Å²) in [5.74, 6) is 0.966. The normalized spacial score (nSPS) is 10.2. The second kappa shape index (κ2) is 12.2. The van der Waals surface area contributed by atoms with Gasteiger partial charge < -0.3 is 14.8 Å². The van der Waals surface area contributed by atoms with Crippen molar-refractivity contribution in [3.8, 4) is 11.5 Å². The molecular weight excluding hydrogens is 500 g/mol. The SMILES string of the molecule is C=C(C)COc1ccccc1NC(=S)NC(=O)c1ccc(OCCc2ccccc2)c(Br)c1. The molecule has 5 nitrogen and oxygen atoms in total. The summed E-state index contributed by atoms with van der Waals surface area (Å²) in [6.45, 7) is 6.65. The number of rotatable bonds is 9. The van der Waals surface area contributed by atoms with Gasteiger partial charge in [-0.15, -0.1) is 0 Å². The van der Waals surface area contributed by atoms with Crippen molar-refractivity contribution in [2.75, 3.05) is 18.5 Å². The minimum atomic E-state index is -0.329. The molecule has 3 aromatic rings. The lowest BCUT2D eigenvalue weighted by Gasteiger charge is -2.14. The van der Waals surface area contributed by atoms with Crippen LogP contribution in [0.2, 0.25) is 0 Å². The maximum absolute atomic E-state index is 12.7. The number of carbonyl (C=O) groups is 1. The summed E-state index contributed by atoms with van der Waals surface area (Å²) < 4.78 is 12.3. The van der Waals surface area contributed by atoms with E-state index in [9.17, 15) is 4.79 Å². The number of para-hydroxylation sites is 2. The molecule has 0 bridgehead atoms. The molecule has 0 saturated carbocycles. The Kier molecular flexibility index (Phi) is 9.04. The molecule has 7 heteroatoms. The lowest BCUT2D eigenvalue weighted by molar-refractivity contribution is 0.0977. The van der Waals surface area contributed by atoms with Gasteiger partial charge in [0.15, 0.2) is 5.11 Å². The van der Waals surface area contributed by atoms with Crippen LogP contribution in [0.3, 0.4) is 0 Å². The van der Waals surface area contributed by atoms with E-state index in [1.54, 1.807) is 18.2 Å². The van der Waals surface area contributed by atoms with E-state index in [-0.39, 0.29) is 11.0 Å². The van der Waals surface area contributed by atoms with Crippen LogP contribution in [0.1, 0.15) is 22.8 Å². The molecular formula is C26H25BrN2O3S. The number of halogens is 1. The number of anilines is 1. The van der Waals surface area contributed by atoms with Crippen LogP contribution in [0.5, 0.6) is 11.5 Å². The summed E-state index contributed by atoms with van der Waals surface area (Å²) in [6.07, 6.45) is 0.799. The second-order valence-corrected chi connectivity index (χ2v) is 8.64. The van der Waals surface area contributed by atoms with E-state index >= 15 is 0 Å². The van der Waals surface area contributed by atoms with E-state index in [1.165, 1.54) is 5.56 Å². The summed E-state index contributed by atoms with van der Waals surface area (Å²) in [7, 11) is 0. The number of amides is 1. The average molecular weight is 525 g/mol. The highest BCUT2D eigenvalue weighted by molar-refractivity contribution is 9.10. The topological polar surface area (TPSA) is 59.6 Å². The fourth-order valence-corrected chi connectivity index (χ4v) is 3.60. The molecule has 0 heterocycles. The predicted molar refractivity (Wildman–Crippen MR) is 140 cm³/mol. The van der Waals surface area contributed by atoms with Gasteiger partial charge in [0.1, 0.15) is 18.1 Å². The molecule has 2 N–H and O–H groups in total. The van der Waals surface area contributed by atoms with Gasteiger partial charge in [-0.3, -0.25) is 10.1 Å². The van der Waals surface area contributed by atoms with Crippen LogP contribution in [-0.2, 0) is 6.42 Å². The minimum absolute atomic E-state index is 0.172. The van der Waals surface area contributed by atoms with E-state index in [4.69, 9.17) is 21.7 Å². The number of nitrogens with one attached hydrogen (secondary N) is 2. The number of hydrogen-bond donors (Lipinski definition) is 2. The Hall–Kier alpha value is -3.16. The van der Waals surface area contributed by atoms with Crippen molar-refractivity contribution in [2.24, 2.45) is 0 Å². The first-order valence-corrected chi connectivity index (χ1v) is 11.6. The minimum Gasteiger partial charge on any atom is -0.492 e. The summed E-state index contributed by atoms with van der Waals surface area (Å²) in [5.41, 5.74) is 3.22. The standard InChI is InChI=1S/C26H25BrN2O3S/c1-18(2)17-32-24-11-7-6-10-22(24)28-26(33)29-25(30)20-12-13-23(21(27)16-20)31-15-14-19-8-4-3-5-9-19/h3-13,16H,1,14-15,17H2,2H3,(H2,28,29,30,33). The molecule has 0 unspecified atom stereocenters. The maximum Gasteiger partial charge on any atom is 0.257 e. The first-order chi connectivity index (χ1) is 15.9. The van der Waals surface area contributed by atoms with E-state index in [1.807, 2.05) is 49.4 Å². The number of hydrogen-bond acceptors (Lipinski definition) is 4. The van der Waals surface area contributed by atoms with E-state index in [0.29, 0.717) is 40.4 Å². The van der Waals surface area contributed by atoms with Crippen LogP contribution in [0, 0.1) is 0 Å². The van der Waals surface area contributed by atoms with Crippen LogP contribution < -0.4 is 20.1 Å². The molecule has 0 atom stereocenters. The van der Waals surface area contributed by atoms with Gasteiger partial charge in [0.05, 0.1) is 16.8 Å². The third kappa shape index (κ3) is 7.73. The van der Waals surface area contributed by atoms with Crippen LogP contribution in [0.4, 0.5) is 5.69 Å². The Morgan fingerprint density at radius 2 is 1.73 bits per heavy atom. The van der Waals surface area contributed by atoms with Crippen molar-refractivity contribution >= 4 is 44.9 Å². The monoisotopic (exact) mass is 524 g/mol. The molecule has 0 aliphatic heterocycles. The molecule has 1 amide bonds. The van der Waals surface area contributed by atoms with E-state index in [0.717, 1.165) is 12.0 Å². The van der Waals surface area contributed by atoms with Gasteiger partial charge in [0.2, 0.25) is 0 Å². The molecule has 0 saturated heterocycles. The molecule has 3 rings (SSSR count). The summed E-state index contributed by atoms with van der Waals surface area (Å²) in [4.78, 5) is 12.7. The molecule has 3 aromatic carbocycles.